The van der Waals surface area contributed by atoms with Crippen molar-refractivity contribution in [2.45, 2.75) is 19.3 Å². The Bertz CT molecular complexity index is 875. The number of fused-ring (bicyclic) bond motifs is 1. The number of thiazole rings is 1. The van der Waals surface area contributed by atoms with E-state index < -0.39 is 0 Å². The van der Waals surface area contributed by atoms with E-state index in [1.807, 2.05) is 0 Å². The van der Waals surface area contributed by atoms with Gasteiger partial charge in [-0.3, -0.25) is 0 Å². The summed E-state index contributed by atoms with van der Waals surface area (Å²) >= 11 is 5.21. The van der Waals surface area contributed by atoms with Gasteiger partial charge in [0.25, 0.3) is 0 Å². The van der Waals surface area contributed by atoms with Crippen molar-refractivity contribution < 1.29 is 0 Å². The zero-order valence-corrected chi connectivity index (χ0v) is 15.3. The summed E-state index contributed by atoms with van der Waals surface area (Å²) in [5, 5.41) is 4.27. The SMILES string of the molecule is Nc1cc(Nc2ncc(Br)c3nc(N4CCCCC4)sc23)ncn1. The zero-order chi connectivity index (χ0) is 16.5. The maximum atomic E-state index is 5.72. The first-order valence-corrected chi connectivity index (χ1v) is 9.36. The van der Waals surface area contributed by atoms with Gasteiger partial charge < -0.3 is 16.0 Å². The van der Waals surface area contributed by atoms with Gasteiger partial charge in [-0.25, -0.2) is 19.9 Å². The number of nitrogens with zero attached hydrogens (tertiary/aromatic N) is 5. The first-order chi connectivity index (χ1) is 11.7. The molecule has 4 heterocycles. The molecule has 0 spiro atoms. The Morgan fingerprint density at radius 1 is 1.17 bits per heavy atom. The number of nitrogens with two attached hydrogens (primary N) is 1. The molecule has 1 fully saturated rings. The van der Waals surface area contributed by atoms with Crippen LogP contribution in [-0.4, -0.2) is 33.0 Å². The first-order valence-electron chi connectivity index (χ1n) is 7.75. The van der Waals surface area contributed by atoms with Crippen molar-refractivity contribution in [2.24, 2.45) is 0 Å². The smallest absolute Gasteiger partial charge is 0.186 e. The largest absolute Gasteiger partial charge is 0.384 e. The Balaban J connectivity index is 1.73. The first kappa shape index (κ1) is 15.5. The van der Waals surface area contributed by atoms with Crippen molar-refractivity contribution in [3.63, 3.8) is 0 Å². The Labute approximate surface area is 151 Å². The van der Waals surface area contributed by atoms with Crippen molar-refractivity contribution in [1.29, 1.82) is 0 Å². The molecule has 1 aliphatic rings. The normalized spacial score (nSPS) is 15.0. The molecule has 3 aromatic heterocycles. The highest BCUT2D eigenvalue weighted by Gasteiger charge is 2.18. The highest BCUT2D eigenvalue weighted by molar-refractivity contribution is 9.10. The number of nitrogen functional groups attached to an aromatic ring is 1. The number of halogens is 1. The molecule has 3 N–H and O–H groups in total. The summed E-state index contributed by atoms with van der Waals surface area (Å²) < 4.78 is 1.90. The molecule has 3 aromatic rings. The summed E-state index contributed by atoms with van der Waals surface area (Å²) in [6, 6.07) is 1.68. The number of rotatable bonds is 3. The molecular weight excluding hydrogens is 390 g/mol. The van der Waals surface area contributed by atoms with Crippen LogP contribution in [0.4, 0.5) is 22.6 Å². The van der Waals surface area contributed by atoms with E-state index in [1.165, 1.54) is 25.6 Å². The zero-order valence-electron chi connectivity index (χ0n) is 12.9. The molecular formula is C15H16BrN7S. The summed E-state index contributed by atoms with van der Waals surface area (Å²) in [6.07, 6.45) is 6.93. The fourth-order valence-corrected chi connectivity index (χ4v) is 4.35. The lowest BCUT2D eigenvalue weighted by Crippen LogP contribution is -2.29. The van der Waals surface area contributed by atoms with Crippen molar-refractivity contribution in [3.8, 4) is 0 Å². The summed E-state index contributed by atoms with van der Waals surface area (Å²) in [6.45, 7) is 2.13. The fourth-order valence-electron chi connectivity index (χ4n) is 2.74. The van der Waals surface area contributed by atoms with Gasteiger partial charge in [0.1, 0.15) is 28.2 Å². The van der Waals surface area contributed by atoms with E-state index in [0.29, 0.717) is 11.6 Å². The van der Waals surface area contributed by atoms with Crippen molar-refractivity contribution in [3.05, 3.63) is 23.1 Å². The minimum Gasteiger partial charge on any atom is -0.384 e. The number of aromatic nitrogens is 4. The van der Waals surface area contributed by atoms with E-state index in [-0.39, 0.29) is 0 Å². The molecule has 24 heavy (non-hydrogen) atoms. The van der Waals surface area contributed by atoms with Gasteiger partial charge >= 0.3 is 0 Å². The van der Waals surface area contributed by atoms with E-state index >= 15 is 0 Å². The molecule has 124 valence electrons. The summed E-state index contributed by atoms with van der Waals surface area (Å²) in [4.78, 5) is 19.7. The second-order valence-corrected chi connectivity index (χ2v) is 7.46. The molecule has 9 heteroatoms. The summed E-state index contributed by atoms with van der Waals surface area (Å²) in [5.41, 5.74) is 6.63. The molecule has 0 unspecified atom stereocenters. The van der Waals surface area contributed by atoms with Crippen LogP contribution < -0.4 is 16.0 Å². The van der Waals surface area contributed by atoms with E-state index in [4.69, 9.17) is 10.7 Å². The molecule has 4 rings (SSSR count). The number of pyridine rings is 1. The maximum Gasteiger partial charge on any atom is 0.186 e. The maximum absolute atomic E-state index is 5.72. The number of nitrogens with one attached hydrogen (secondary N) is 1. The predicted molar refractivity (Wildman–Crippen MR) is 101 cm³/mol. The van der Waals surface area contributed by atoms with Crippen LogP contribution in [0.15, 0.2) is 23.1 Å². The van der Waals surface area contributed by atoms with Crippen LogP contribution in [0.25, 0.3) is 10.2 Å². The Hall–Kier alpha value is -2.00. The van der Waals surface area contributed by atoms with Crippen molar-refractivity contribution in [2.75, 3.05) is 29.0 Å². The fraction of sp³-hybridized carbons (Fsp3) is 0.333. The van der Waals surface area contributed by atoms with E-state index in [9.17, 15) is 0 Å². The van der Waals surface area contributed by atoms with Crippen LogP contribution in [0.1, 0.15) is 19.3 Å². The van der Waals surface area contributed by atoms with Crippen molar-refractivity contribution >= 4 is 60.1 Å². The van der Waals surface area contributed by atoms with Gasteiger partial charge in [-0.1, -0.05) is 11.3 Å². The van der Waals surface area contributed by atoms with E-state index in [1.54, 1.807) is 23.6 Å². The average molecular weight is 406 g/mol. The second kappa shape index (κ2) is 6.48. The number of hydrogen-bond acceptors (Lipinski definition) is 8. The third-order valence-electron chi connectivity index (χ3n) is 3.93. The van der Waals surface area contributed by atoms with Gasteiger partial charge in [-0.05, 0) is 35.2 Å². The van der Waals surface area contributed by atoms with Crippen LogP contribution >= 0.6 is 27.3 Å². The molecule has 0 aromatic carbocycles. The van der Waals surface area contributed by atoms with Crippen LogP contribution in [-0.2, 0) is 0 Å². The quantitative estimate of drug-likeness (QED) is 0.687. The van der Waals surface area contributed by atoms with Gasteiger partial charge in [0.15, 0.2) is 10.9 Å². The summed E-state index contributed by atoms with van der Waals surface area (Å²) in [5.74, 6) is 1.76. The van der Waals surface area contributed by atoms with E-state index in [0.717, 1.165) is 38.7 Å². The minimum atomic E-state index is 0.416. The lowest BCUT2D eigenvalue weighted by Gasteiger charge is -2.25. The van der Waals surface area contributed by atoms with Gasteiger partial charge in [-0.15, -0.1) is 0 Å². The van der Waals surface area contributed by atoms with Gasteiger partial charge in [-0.2, -0.15) is 0 Å². The standard InChI is InChI=1S/C15H16BrN7S/c16-9-7-18-14(21-11-6-10(17)19-8-20-11)13-12(9)22-15(24-13)23-4-2-1-3-5-23/h6-8H,1-5H2,(H3,17,18,19,20,21). The molecule has 7 nitrogen and oxygen atoms in total. The average Bonchev–Trinajstić information content (AvgIpc) is 3.05. The number of hydrogen-bond donors (Lipinski definition) is 2. The minimum absolute atomic E-state index is 0.416. The monoisotopic (exact) mass is 405 g/mol. The summed E-state index contributed by atoms with van der Waals surface area (Å²) in [7, 11) is 0. The van der Waals surface area contributed by atoms with Crippen LogP contribution in [0, 0.1) is 0 Å². The van der Waals surface area contributed by atoms with Crippen LogP contribution in [0.5, 0.6) is 0 Å². The molecule has 0 amide bonds. The topological polar surface area (TPSA) is 92.8 Å². The van der Waals surface area contributed by atoms with Gasteiger partial charge in [0, 0.05) is 25.4 Å². The highest BCUT2D eigenvalue weighted by atomic mass is 79.9. The van der Waals surface area contributed by atoms with E-state index in [2.05, 4.69) is 41.1 Å². The van der Waals surface area contributed by atoms with Crippen molar-refractivity contribution in [1.82, 2.24) is 19.9 Å². The third kappa shape index (κ3) is 3.01. The molecule has 0 radical (unpaired) electrons. The predicted octanol–water partition coefficient (Wildman–Crippen LogP) is 3.56. The van der Waals surface area contributed by atoms with Crippen LogP contribution in [0.2, 0.25) is 0 Å². The van der Waals surface area contributed by atoms with Gasteiger partial charge in [0.2, 0.25) is 0 Å². The molecule has 1 aliphatic heterocycles. The molecule has 0 saturated carbocycles. The lowest BCUT2D eigenvalue weighted by molar-refractivity contribution is 0.577. The Morgan fingerprint density at radius 2 is 2.00 bits per heavy atom. The van der Waals surface area contributed by atoms with Crippen LogP contribution in [0.3, 0.4) is 0 Å². The molecule has 1 saturated heterocycles. The number of anilines is 4. The molecule has 0 aliphatic carbocycles. The third-order valence-corrected chi connectivity index (χ3v) is 5.63. The molecule has 0 bridgehead atoms. The lowest BCUT2D eigenvalue weighted by atomic mass is 10.1. The molecule has 0 atom stereocenters. The second-order valence-electron chi connectivity index (χ2n) is 5.63. The Morgan fingerprint density at radius 3 is 2.79 bits per heavy atom. The van der Waals surface area contributed by atoms with Gasteiger partial charge in [0.05, 0.1) is 4.47 Å². The Kier molecular flexibility index (Phi) is 4.19. The number of piperidine rings is 1. The highest BCUT2D eigenvalue weighted by Crippen LogP contribution is 2.38.